The quantitative estimate of drug-likeness (QED) is 0.241. The van der Waals surface area contributed by atoms with Crippen LogP contribution in [-0.4, -0.2) is 48.9 Å². The molecule has 36 heavy (non-hydrogen) atoms. The molecule has 0 atom stereocenters. The predicted octanol–water partition coefficient (Wildman–Crippen LogP) is 4.91. The molecule has 0 aliphatic carbocycles. The third-order valence-electron chi connectivity index (χ3n) is 5.92. The Balaban J connectivity index is 1.54. The highest BCUT2D eigenvalue weighted by molar-refractivity contribution is 6.13. The molecule has 0 saturated carbocycles. The van der Waals surface area contributed by atoms with Crippen molar-refractivity contribution in [1.29, 1.82) is 0 Å². The molecule has 7 heteroatoms. The molecule has 186 valence electrons. The first-order chi connectivity index (χ1) is 17.4. The van der Waals surface area contributed by atoms with Crippen LogP contribution in [0.3, 0.4) is 0 Å². The smallest absolute Gasteiger partial charge is 0.308 e. The van der Waals surface area contributed by atoms with Crippen molar-refractivity contribution in [1.82, 2.24) is 4.90 Å². The molecule has 7 nitrogen and oxygen atoms in total. The van der Waals surface area contributed by atoms with Crippen LogP contribution in [-0.2, 0) is 9.59 Å². The number of carbonyl (C=O) groups excluding carboxylic acids is 3. The van der Waals surface area contributed by atoms with Crippen molar-refractivity contribution in [2.45, 2.75) is 26.7 Å². The van der Waals surface area contributed by atoms with E-state index in [1.165, 1.54) is 26.7 Å². The molecule has 0 radical (unpaired) electrons. The minimum Gasteiger partial charge on any atom is -0.492 e. The second kappa shape index (κ2) is 11.6. The van der Waals surface area contributed by atoms with E-state index < -0.39 is 11.9 Å². The Morgan fingerprint density at radius 3 is 1.97 bits per heavy atom. The molecule has 1 heterocycles. The first-order valence-corrected chi connectivity index (χ1v) is 12.0. The van der Waals surface area contributed by atoms with Gasteiger partial charge in [0.15, 0.2) is 5.78 Å². The summed E-state index contributed by atoms with van der Waals surface area (Å²) in [7, 11) is 0. The summed E-state index contributed by atoms with van der Waals surface area (Å²) < 4.78 is 16.2. The minimum absolute atomic E-state index is 0.174. The van der Waals surface area contributed by atoms with Crippen molar-refractivity contribution < 1.29 is 28.6 Å². The van der Waals surface area contributed by atoms with Crippen molar-refractivity contribution in [3.05, 3.63) is 77.9 Å². The summed E-state index contributed by atoms with van der Waals surface area (Å²) in [5.74, 6) is 0.407. The highest BCUT2D eigenvalue weighted by Gasteiger charge is 2.17. The van der Waals surface area contributed by atoms with E-state index in [1.807, 2.05) is 0 Å². The second-order valence-electron chi connectivity index (χ2n) is 8.67. The molecule has 0 aromatic heterocycles. The Bertz CT molecular complexity index is 1230. The van der Waals surface area contributed by atoms with E-state index in [0.29, 0.717) is 40.4 Å². The van der Waals surface area contributed by atoms with E-state index >= 15 is 0 Å². The van der Waals surface area contributed by atoms with Crippen molar-refractivity contribution in [2.24, 2.45) is 0 Å². The number of likely N-dealkylation sites (tertiary alicyclic amines) is 1. The molecule has 3 aromatic carbocycles. The van der Waals surface area contributed by atoms with Crippen LogP contribution in [0.4, 0.5) is 0 Å². The van der Waals surface area contributed by atoms with Crippen molar-refractivity contribution in [3.8, 4) is 28.4 Å². The third-order valence-corrected chi connectivity index (χ3v) is 5.92. The largest absolute Gasteiger partial charge is 0.492 e. The Morgan fingerprint density at radius 2 is 1.33 bits per heavy atom. The van der Waals surface area contributed by atoms with Crippen LogP contribution in [0.2, 0.25) is 0 Å². The lowest BCUT2D eigenvalue weighted by Crippen LogP contribution is -2.25. The maximum atomic E-state index is 13.5. The molecular weight excluding hydrogens is 458 g/mol. The molecule has 4 rings (SSSR count). The molecule has 0 bridgehead atoms. The zero-order valence-corrected chi connectivity index (χ0v) is 20.5. The zero-order chi connectivity index (χ0) is 25.5. The SMILES string of the molecule is CC(=O)Oc1ccc(-c2cc(OC(C)=O)ccc2C(=O)c2ccc(OCCN3CCCC3)cc2)cc1. The lowest BCUT2D eigenvalue weighted by Gasteiger charge is -2.15. The summed E-state index contributed by atoms with van der Waals surface area (Å²) >= 11 is 0. The lowest BCUT2D eigenvalue weighted by molar-refractivity contribution is -0.132. The molecule has 0 amide bonds. The van der Waals surface area contributed by atoms with Crippen LogP contribution in [0.15, 0.2) is 66.7 Å². The number of ketones is 1. The van der Waals surface area contributed by atoms with Gasteiger partial charge in [-0.15, -0.1) is 0 Å². The molecule has 1 fully saturated rings. The summed E-state index contributed by atoms with van der Waals surface area (Å²) in [6.07, 6.45) is 2.49. The molecular formula is C29H29NO6. The van der Waals surface area contributed by atoms with Gasteiger partial charge in [0, 0.05) is 31.5 Å². The van der Waals surface area contributed by atoms with Crippen LogP contribution >= 0.6 is 0 Å². The van der Waals surface area contributed by atoms with E-state index in [0.717, 1.165) is 25.4 Å². The average Bonchev–Trinajstić information content (AvgIpc) is 3.37. The van der Waals surface area contributed by atoms with E-state index in [4.69, 9.17) is 14.2 Å². The minimum atomic E-state index is -0.453. The van der Waals surface area contributed by atoms with E-state index in [2.05, 4.69) is 4.90 Å². The van der Waals surface area contributed by atoms with Crippen molar-refractivity contribution in [2.75, 3.05) is 26.2 Å². The third kappa shape index (κ3) is 6.58. The maximum Gasteiger partial charge on any atom is 0.308 e. The van der Waals surface area contributed by atoms with E-state index in [-0.39, 0.29) is 5.78 Å². The summed E-state index contributed by atoms with van der Waals surface area (Å²) in [6, 6.07) is 18.8. The first-order valence-electron chi connectivity index (χ1n) is 12.0. The second-order valence-corrected chi connectivity index (χ2v) is 8.67. The first kappa shape index (κ1) is 25.1. The van der Waals surface area contributed by atoms with Crippen LogP contribution in [0.1, 0.15) is 42.6 Å². The number of benzene rings is 3. The summed E-state index contributed by atoms with van der Waals surface area (Å²) in [6.45, 7) is 6.41. The molecule has 1 aliphatic heterocycles. The predicted molar refractivity (Wildman–Crippen MR) is 136 cm³/mol. The Morgan fingerprint density at radius 1 is 0.750 bits per heavy atom. The number of nitrogens with zero attached hydrogens (tertiary/aromatic N) is 1. The zero-order valence-electron chi connectivity index (χ0n) is 20.5. The van der Waals surface area contributed by atoms with Crippen LogP contribution in [0.25, 0.3) is 11.1 Å². The fourth-order valence-electron chi connectivity index (χ4n) is 4.22. The van der Waals surface area contributed by atoms with Gasteiger partial charge in [0.05, 0.1) is 0 Å². The summed E-state index contributed by atoms with van der Waals surface area (Å²) in [5, 5.41) is 0. The number of hydrogen-bond donors (Lipinski definition) is 0. The molecule has 0 N–H and O–H groups in total. The fraction of sp³-hybridized carbons (Fsp3) is 0.276. The van der Waals surface area contributed by atoms with Crippen molar-refractivity contribution in [3.63, 3.8) is 0 Å². The highest BCUT2D eigenvalue weighted by atomic mass is 16.5. The molecule has 1 saturated heterocycles. The van der Waals surface area contributed by atoms with Gasteiger partial charge >= 0.3 is 11.9 Å². The van der Waals surface area contributed by atoms with Gasteiger partial charge in [-0.05, 0) is 91.7 Å². The van der Waals surface area contributed by atoms with E-state index in [9.17, 15) is 14.4 Å². The Labute approximate surface area is 210 Å². The molecule has 0 spiro atoms. The number of ether oxygens (including phenoxy) is 3. The van der Waals surface area contributed by atoms with Crippen LogP contribution in [0, 0.1) is 0 Å². The molecule has 3 aromatic rings. The molecule has 1 aliphatic rings. The van der Waals surface area contributed by atoms with Gasteiger partial charge in [0.1, 0.15) is 23.9 Å². The Hall–Kier alpha value is -3.97. The maximum absolute atomic E-state index is 13.5. The molecule has 0 unspecified atom stereocenters. The number of hydrogen-bond acceptors (Lipinski definition) is 7. The van der Waals surface area contributed by atoms with Gasteiger partial charge in [0.25, 0.3) is 0 Å². The summed E-state index contributed by atoms with van der Waals surface area (Å²) in [5.41, 5.74) is 2.28. The fourth-order valence-corrected chi connectivity index (χ4v) is 4.22. The monoisotopic (exact) mass is 487 g/mol. The highest BCUT2D eigenvalue weighted by Crippen LogP contribution is 2.31. The van der Waals surface area contributed by atoms with Crippen molar-refractivity contribution >= 4 is 17.7 Å². The average molecular weight is 488 g/mol. The topological polar surface area (TPSA) is 82.1 Å². The normalized spacial score (nSPS) is 13.3. The van der Waals surface area contributed by atoms with E-state index in [1.54, 1.807) is 66.7 Å². The number of rotatable bonds is 9. The standard InChI is InChI=1S/C29H29NO6/c1-20(31)35-25-11-5-22(6-12-25)28-19-26(36-21(2)32)13-14-27(28)29(33)23-7-9-24(10-8-23)34-18-17-30-15-3-4-16-30/h5-14,19H,3-4,15-18H2,1-2H3. The Kier molecular flexibility index (Phi) is 8.13. The van der Waals surface area contributed by atoms with Gasteiger partial charge in [-0.1, -0.05) is 12.1 Å². The number of esters is 2. The summed E-state index contributed by atoms with van der Waals surface area (Å²) in [4.78, 5) is 38.6. The lowest BCUT2D eigenvalue weighted by atomic mass is 9.93. The van der Waals surface area contributed by atoms with Gasteiger partial charge < -0.3 is 14.2 Å². The van der Waals surface area contributed by atoms with Gasteiger partial charge in [-0.25, -0.2) is 0 Å². The number of carbonyl (C=O) groups is 3. The van der Waals surface area contributed by atoms with Crippen LogP contribution in [0.5, 0.6) is 17.2 Å². The van der Waals surface area contributed by atoms with Gasteiger partial charge in [-0.2, -0.15) is 0 Å². The van der Waals surface area contributed by atoms with Gasteiger partial charge in [-0.3, -0.25) is 19.3 Å². The van der Waals surface area contributed by atoms with Crippen LogP contribution < -0.4 is 14.2 Å². The van der Waals surface area contributed by atoms with Gasteiger partial charge in [0.2, 0.25) is 0 Å².